The lowest BCUT2D eigenvalue weighted by molar-refractivity contribution is 0.102. The second-order valence-corrected chi connectivity index (χ2v) is 6.81. The lowest BCUT2D eigenvalue weighted by atomic mass is 10.1. The fourth-order valence-corrected chi connectivity index (χ4v) is 3.24. The van der Waals surface area contributed by atoms with Gasteiger partial charge in [0.15, 0.2) is 10.9 Å². The van der Waals surface area contributed by atoms with E-state index in [1.54, 1.807) is 18.5 Å². The van der Waals surface area contributed by atoms with E-state index in [1.165, 1.54) is 17.5 Å². The second-order valence-electron chi connectivity index (χ2n) is 5.95. The van der Waals surface area contributed by atoms with E-state index < -0.39 is 0 Å². The van der Waals surface area contributed by atoms with Crippen molar-refractivity contribution >= 4 is 22.4 Å². The Morgan fingerprint density at radius 1 is 1.11 bits per heavy atom. The van der Waals surface area contributed by atoms with Crippen LogP contribution in [0.2, 0.25) is 0 Å². The number of hydrogen-bond donors (Lipinski definition) is 1. The van der Waals surface area contributed by atoms with Crippen LogP contribution < -0.4 is 5.32 Å². The Bertz CT molecular complexity index is 1100. The minimum atomic E-state index is -0.354. The number of amides is 1. The SMILES string of the molecule is Cc1ccc(-c2oncc2C(=O)Nc2nc(-c3ncccc3C)cs2)nc1. The van der Waals surface area contributed by atoms with Gasteiger partial charge in [-0.25, -0.2) is 4.98 Å². The van der Waals surface area contributed by atoms with E-state index in [9.17, 15) is 4.79 Å². The summed E-state index contributed by atoms with van der Waals surface area (Å²) in [6.07, 6.45) is 4.81. The molecule has 0 aliphatic carbocycles. The zero-order chi connectivity index (χ0) is 18.8. The summed E-state index contributed by atoms with van der Waals surface area (Å²) in [5.74, 6) is -0.0304. The highest BCUT2D eigenvalue weighted by molar-refractivity contribution is 7.14. The third kappa shape index (κ3) is 3.47. The monoisotopic (exact) mass is 377 g/mol. The van der Waals surface area contributed by atoms with E-state index in [1.807, 2.05) is 37.4 Å². The number of thiazole rings is 1. The van der Waals surface area contributed by atoms with Crippen molar-refractivity contribution in [3.8, 4) is 22.8 Å². The van der Waals surface area contributed by atoms with Crippen LogP contribution in [0, 0.1) is 13.8 Å². The molecule has 0 aliphatic rings. The van der Waals surface area contributed by atoms with Crippen LogP contribution in [-0.4, -0.2) is 26.0 Å². The number of nitrogens with one attached hydrogen (secondary N) is 1. The first-order valence-corrected chi connectivity index (χ1v) is 9.06. The minimum Gasteiger partial charge on any atom is -0.354 e. The van der Waals surface area contributed by atoms with Crippen LogP contribution in [0.1, 0.15) is 21.5 Å². The average Bonchev–Trinajstić information content (AvgIpc) is 3.32. The molecule has 134 valence electrons. The topological polar surface area (TPSA) is 93.8 Å². The Balaban J connectivity index is 1.57. The standard InChI is InChI=1S/C19H15N5O2S/c1-11-5-6-14(21-8-11)17-13(9-22-26-17)18(25)24-19-23-15(10-27-19)16-12(2)4-3-7-20-16/h3-10H,1-2H3,(H,23,24,25). The molecule has 4 aromatic heterocycles. The number of hydrogen-bond acceptors (Lipinski definition) is 7. The summed E-state index contributed by atoms with van der Waals surface area (Å²) in [4.78, 5) is 25.8. The normalized spacial score (nSPS) is 10.7. The quantitative estimate of drug-likeness (QED) is 0.575. The van der Waals surface area contributed by atoms with E-state index in [0.29, 0.717) is 22.1 Å². The molecule has 0 fully saturated rings. The highest BCUT2D eigenvalue weighted by Crippen LogP contribution is 2.27. The van der Waals surface area contributed by atoms with Crippen molar-refractivity contribution in [2.24, 2.45) is 0 Å². The third-order valence-electron chi connectivity index (χ3n) is 3.94. The molecule has 1 N–H and O–H groups in total. The van der Waals surface area contributed by atoms with Gasteiger partial charge in [0.25, 0.3) is 5.91 Å². The van der Waals surface area contributed by atoms with Crippen LogP contribution in [-0.2, 0) is 0 Å². The third-order valence-corrected chi connectivity index (χ3v) is 4.69. The van der Waals surface area contributed by atoms with Gasteiger partial charge < -0.3 is 4.52 Å². The molecule has 0 saturated carbocycles. The molecule has 0 atom stereocenters. The Morgan fingerprint density at radius 3 is 2.78 bits per heavy atom. The van der Waals surface area contributed by atoms with Crippen molar-refractivity contribution < 1.29 is 9.32 Å². The molecule has 8 heteroatoms. The van der Waals surface area contributed by atoms with Crippen LogP contribution in [0.3, 0.4) is 0 Å². The van der Waals surface area contributed by atoms with Crippen molar-refractivity contribution in [1.82, 2.24) is 20.1 Å². The highest BCUT2D eigenvalue weighted by Gasteiger charge is 2.20. The molecule has 7 nitrogen and oxygen atoms in total. The molecule has 1 amide bonds. The second kappa shape index (κ2) is 7.08. The van der Waals surface area contributed by atoms with Crippen LogP contribution in [0.5, 0.6) is 0 Å². The van der Waals surface area contributed by atoms with Crippen LogP contribution in [0.15, 0.2) is 52.8 Å². The Hall–Kier alpha value is -3.39. The molecule has 0 radical (unpaired) electrons. The summed E-state index contributed by atoms with van der Waals surface area (Å²) >= 11 is 1.33. The minimum absolute atomic E-state index is 0.303. The largest absolute Gasteiger partial charge is 0.354 e. The van der Waals surface area contributed by atoms with Crippen molar-refractivity contribution in [2.45, 2.75) is 13.8 Å². The highest BCUT2D eigenvalue weighted by atomic mass is 32.1. The van der Waals surface area contributed by atoms with Gasteiger partial charge in [-0.2, -0.15) is 0 Å². The molecule has 0 aromatic carbocycles. The molecule has 27 heavy (non-hydrogen) atoms. The fourth-order valence-electron chi connectivity index (χ4n) is 2.55. The first kappa shape index (κ1) is 17.0. The summed E-state index contributed by atoms with van der Waals surface area (Å²) in [5.41, 5.74) is 4.41. The van der Waals surface area contributed by atoms with Gasteiger partial charge in [-0.1, -0.05) is 17.3 Å². The number of pyridine rings is 2. The van der Waals surface area contributed by atoms with Gasteiger partial charge in [-0.05, 0) is 37.1 Å². The zero-order valence-corrected chi connectivity index (χ0v) is 15.4. The van der Waals surface area contributed by atoms with Crippen molar-refractivity contribution in [3.05, 3.63) is 64.9 Å². The Kier molecular flexibility index (Phi) is 4.47. The summed E-state index contributed by atoms with van der Waals surface area (Å²) in [5, 5.41) is 8.87. The van der Waals surface area contributed by atoms with Crippen molar-refractivity contribution in [1.29, 1.82) is 0 Å². The molecule has 4 heterocycles. The number of aromatic nitrogens is 4. The van der Waals surface area contributed by atoms with Gasteiger partial charge in [0.2, 0.25) is 0 Å². The maximum absolute atomic E-state index is 12.7. The lowest BCUT2D eigenvalue weighted by Gasteiger charge is -2.02. The molecule has 4 aromatic rings. The number of anilines is 1. The van der Waals surface area contributed by atoms with Gasteiger partial charge in [0.1, 0.15) is 17.0 Å². The molecule has 0 aliphatic heterocycles. The predicted octanol–water partition coefficient (Wildman–Crippen LogP) is 4.12. The van der Waals surface area contributed by atoms with E-state index >= 15 is 0 Å². The maximum atomic E-state index is 12.7. The Labute approximate surface area is 159 Å². The summed E-state index contributed by atoms with van der Waals surface area (Å²) in [7, 11) is 0. The van der Waals surface area contributed by atoms with E-state index in [-0.39, 0.29) is 5.91 Å². The number of carbonyl (C=O) groups excluding carboxylic acids is 1. The summed E-state index contributed by atoms with van der Waals surface area (Å²) in [6, 6.07) is 7.53. The fraction of sp³-hybridized carbons (Fsp3) is 0.105. The molecule has 4 rings (SSSR count). The van der Waals surface area contributed by atoms with E-state index in [0.717, 1.165) is 22.5 Å². The van der Waals surface area contributed by atoms with Crippen LogP contribution in [0.25, 0.3) is 22.8 Å². The Morgan fingerprint density at radius 2 is 2.00 bits per heavy atom. The van der Waals surface area contributed by atoms with E-state index in [2.05, 4.69) is 25.4 Å². The van der Waals surface area contributed by atoms with Gasteiger partial charge in [0.05, 0.1) is 11.9 Å². The maximum Gasteiger partial charge on any atom is 0.263 e. The summed E-state index contributed by atoms with van der Waals surface area (Å²) in [6.45, 7) is 3.91. The first-order valence-electron chi connectivity index (χ1n) is 8.18. The molecule has 0 bridgehead atoms. The average molecular weight is 377 g/mol. The molecule has 0 spiro atoms. The van der Waals surface area contributed by atoms with Crippen molar-refractivity contribution in [3.63, 3.8) is 0 Å². The van der Waals surface area contributed by atoms with Gasteiger partial charge in [-0.15, -0.1) is 11.3 Å². The zero-order valence-electron chi connectivity index (χ0n) is 14.6. The smallest absolute Gasteiger partial charge is 0.263 e. The predicted molar refractivity (Wildman–Crippen MR) is 103 cm³/mol. The van der Waals surface area contributed by atoms with Crippen LogP contribution >= 0.6 is 11.3 Å². The number of nitrogens with zero attached hydrogens (tertiary/aromatic N) is 4. The molecular weight excluding hydrogens is 362 g/mol. The van der Waals surface area contributed by atoms with E-state index in [4.69, 9.17) is 4.52 Å². The van der Waals surface area contributed by atoms with Crippen LogP contribution in [0.4, 0.5) is 5.13 Å². The van der Waals surface area contributed by atoms with Gasteiger partial charge >= 0.3 is 0 Å². The molecule has 0 unspecified atom stereocenters. The first-order chi connectivity index (χ1) is 13.1. The van der Waals surface area contributed by atoms with Gasteiger partial charge in [-0.3, -0.25) is 20.1 Å². The lowest BCUT2D eigenvalue weighted by Crippen LogP contribution is -2.12. The molecule has 0 saturated heterocycles. The number of carbonyl (C=O) groups is 1. The summed E-state index contributed by atoms with van der Waals surface area (Å²) < 4.78 is 5.24. The van der Waals surface area contributed by atoms with Gasteiger partial charge in [0, 0.05) is 17.8 Å². The molecular formula is C19H15N5O2S. The number of aryl methyl sites for hydroxylation is 2. The number of rotatable bonds is 4. The van der Waals surface area contributed by atoms with Crippen molar-refractivity contribution in [2.75, 3.05) is 5.32 Å².